The van der Waals surface area contributed by atoms with Crippen LogP contribution in [0.3, 0.4) is 0 Å². The van der Waals surface area contributed by atoms with Crippen LogP contribution in [0.4, 0.5) is 0 Å². The van der Waals surface area contributed by atoms with Crippen LogP contribution in [0, 0.1) is 0 Å². The number of ether oxygens (including phenoxy) is 1. The van der Waals surface area contributed by atoms with Crippen LogP contribution in [0.15, 0.2) is 18.6 Å². The summed E-state index contributed by atoms with van der Waals surface area (Å²) >= 11 is 11.7. The Morgan fingerprint density at radius 2 is 2.00 bits per heavy atom. The number of carbonyl (C=O) groups is 1. The zero-order valence-corrected chi connectivity index (χ0v) is 13.0. The fourth-order valence-corrected chi connectivity index (χ4v) is 1.54. The average molecular weight is 305 g/mol. The third-order valence-electron chi connectivity index (χ3n) is 2.04. The van der Waals surface area contributed by atoms with E-state index in [1.807, 2.05) is 20.8 Å². The summed E-state index contributed by atoms with van der Waals surface area (Å²) in [6, 6.07) is 1.51. The monoisotopic (exact) mass is 304 g/mol. The number of imidazole rings is 1. The molecule has 0 saturated carbocycles. The molecule has 0 N–H and O–H groups in total. The Kier molecular flexibility index (Phi) is 9.21. The lowest BCUT2D eigenvalue weighted by Crippen LogP contribution is -1.94. The summed E-state index contributed by atoms with van der Waals surface area (Å²) in [6.07, 6.45) is 3.78. The van der Waals surface area contributed by atoms with Gasteiger partial charge in [-0.3, -0.25) is 9.20 Å². The first kappa shape index (κ1) is 17.9. The van der Waals surface area contributed by atoms with E-state index in [2.05, 4.69) is 9.72 Å². The van der Waals surface area contributed by atoms with Crippen LogP contribution in [-0.2, 0) is 4.74 Å². The van der Waals surface area contributed by atoms with E-state index < -0.39 is 0 Å². The highest BCUT2D eigenvalue weighted by Gasteiger charge is 2.08. The van der Waals surface area contributed by atoms with Gasteiger partial charge in [0.05, 0.1) is 33.8 Å². The predicted molar refractivity (Wildman–Crippen MR) is 79.5 cm³/mol. The number of aromatic nitrogens is 2. The third kappa shape index (κ3) is 4.82. The van der Waals surface area contributed by atoms with Crippen molar-refractivity contribution in [2.45, 2.75) is 20.8 Å². The van der Waals surface area contributed by atoms with Gasteiger partial charge >= 0.3 is 0 Å². The number of nitrogens with zero attached hydrogens (tertiary/aromatic N) is 2. The predicted octanol–water partition coefficient (Wildman–Crippen LogP) is 4.13. The first-order valence-electron chi connectivity index (χ1n) is 5.89. The van der Waals surface area contributed by atoms with Crippen molar-refractivity contribution in [3.8, 4) is 0 Å². The fraction of sp³-hybridized carbons (Fsp3) is 0.385. The summed E-state index contributed by atoms with van der Waals surface area (Å²) < 4.78 is 6.13. The zero-order valence-electron chi connectivity index (χ0n) is 11.5. The van der Waals surface area contributed by atoms with E-state index >= 15 is 0 Å². The number of carbonyl (C=O) groups excluding carboxylic acids is 1. The molecule has 0 aliphatic rings. The number of fused-ring (bicyclic) bond motifs is 1. The first-order chi connectivity index (χ1) is 9.15. The molecule has 0 spiro atoms. The summed E-state index contributed by atoms with van der Waals surface area (Å²) in [7, 11) is 1.68. The largest absolute Gasteiger partial charge is 0.385 e. The molecule has 6 heteroatoms. The molecule has 0 aromatic carbocycles. The smallest absolute Gasteiger partial charge is 0.166 e. The van der Waals surface area contributed by atoms with Crippen LogP contribution in [-0.4, -0.2) is 29.4 Å². The van der Waals surface area contributed by atoms with E-state index in [0.717, 1.165) is 6.61 Å². The molecule has 0 unspecified atom stereocenters. The van der Waals surface area contributed by atoms with Crippen molar-refractivity contribution in [2.24, 2.45) is 0 Å². The van der Waals surface area contributed by atoms with Gasteiger partial charge in [0.1, 0.15) is 0 Å². The molecule has 2 aromatic rings. The van der Waals surface area contributed by atoms with Gasteiger partial charge in [-0.15, -0.1) is 0 Å². The Balaban J connectivity index is 0.000000467. The van der Waals surface area contributed by atoms with Gasteiger partial charge in [0.25, 0.3) is 0 Å². The molecule has 4 nitrogen and oxygen atoms in total. The van der Waals surface area contributed by atoms with E-state index in [-0.39, 0.29) is 0 Å². The first-order valence-corrected chi connectivity index (χ1v) is 6.65. The number of pyridine rings is 1. The van der Waals surface area contributed by atoms with Gasteiger partial charge in [-0.1, -0.05) is 37.0 Å². The normalized spacial score (nSPS) is 9.16. The molecular formula is C13H18Cl2N2O2. The number of hydrogen-bond donors (Lipinski definition) is 0. The molecule has 0 aliphatic heterocycles. The summed E-state index contributed by atoms with van der Waals surface area (Å²) in [5.41, 5.74) is 1.07. The lowest BCUT2D eigenvalue weighted by molar-refractivity contribution is 0.111. The third-order valence-corrected chi connectivity index (χ3v) is 2.83. The van der Waals surface area contributed by atoms with E-state index in [9.17, 15) is 4.79 Å². The van der Waals surface area contributed by atoms with Gasteiger partial charge in [-0.05, 0) is 13.0 Å². The van der Waals surface area contributed by atoms with Gasteiger partial charge in [0.2, 0.25) is 0 Å². The Hall–Kier alpha value is -1.10. The molecule has 2 heterocycles. The maximum absolute atomic E-state index is 10.6. The van der Waals surface area contributed by atoms with E-state index in [4.69, 9.17) is 23.2 Å². The second kappa shape index (κ2) is 9.78. The lowest BCUT2D eigenvalue weighted by atomic mass is 10.3. The van der Waals surface area contributed by atoms with Crippen LogP contribution in [0.5, 0.6) is 0 Å². The molecule has 0 bridgehead atoms. The topological polar surface area (TPSA) is 43.6 Å². The lowest BCUT2D eigenvalue weighted by Gasteiger charge is -2.01. The minimum atomic E-state index is 0.358. The maximum Gasteiger partial charge on any atom is 0.166 e. The minimum absolute atomic E-state index is 0.358. The van der Waals surface area contributed by atoms with Crippen LogP contribution in [0.2, 0.25) is 10.0 Å². The maximum atomic E-state index is 10.6. The molecule has 0 saturated heterocycles. The molecule has 19 heavy (non-hydrogen) atoms. The summed E-state index contributed by atoms with van der Waals surface area (Å²) in [6.45, 7) is 6.78. The van der Waals surface area contributed by atoms with Gasteiger partial charge in [0, 0.05) is 13.7 Å². The van der Waals surface area contributed by atoms with Crippen LogP contribution < -0.4 is 0 Å². The molecule has 0 amide bonds. The summed E-state index contributed by atoms with van der Waals surface area (Å²) in [5.74, 6) is 0. The quantitative estimate of drug-likeness (QED) is 0.783. The summed E-state index contributed by atoms with van der Waals surface area (Å²) in [5, 5.41) is 0.765. The summed E-state index contributed by atoms with van der Waals surface area (Å²) in [4.78, 5) is 14.5. The van der Waals surface area contributed by atoms with Crippen molar-refractivity contribution in [1.29, 1.82) is 0 Å². The number of methoxy groups -OCH3 is 1. The van der Waals surface area contributed by atoms with Gasteiger partial charge in [-0.25, -0.2) is 4.98 Å². The highest BCUT2D eigenvalue weighted by atomic mass is 35.5. The molecule has 0 fully saturated rings. The van der Waals surface area contributed by atoms with Crippen molar-refractivity contribution < 1.29 is 9.53 Å². The number of halogens is 2. The molecule has 0 aliphatic carbocycles. The van der Waals surface area contributed by atoms with Crippen LogP contribution >= 0.6 is 23.2 Å². The van der Waals surface area contributed by atoms with E-state index in [1.54, 1.807) is 17.7 Å². The SMILES string of the molecule is CC.CCOC.O=Cc1cc(Cl)c(Cl)c2cncn12. The molecule has 0 radical (unpaired) electrons. The Morgan fingerprint density at radius 3 is 2.47 bits per heavy atom. The molecule has 0 atom stereocenters. The van der Waals surface area contributed by atoms with Crippen LogP contribution in [0.1, 0.15) is 31.3 Å². The number of hydrogen-bond acceptors (Lipinski definition) is 3. The molecule has 2 aromatic heterocycles. The Labute approximate surface area is 123 Å². The van der Waals surface area contributed by atoms with Crippen molar-refractivity contribution in [1.82, 2.24) is 9.38 Å². The second-order valence-electron chi connectivity index (χ2n) is 3.08. The number of aldehydes is 1. The van der Waals surface area contributed by atoms with Crippen molar-refractivity contribution in [3.63, 3.8) is 0 Å². The Bertz CT molecular complexity index is 511. The fourth-order valence-electron chi connectivity index (χ4n) is 1.14. The van der Waals surface area contributed by atoms with Crippen LogP contribution in [0.25, 0.3) is 5.52 Å². The van der Waals surface area contributed by atoms with Crippen molar-refractivity contribution in [3.05, 3.63) is 34.3 Å². The van der Waals surface area contributed by atoms with Gasteiger partial charge < -0.3 is 4.74 Å². The van der Waals surface area contributed by atoms with E-state index in [1.165, 1.54) is 12.4 Å². The van der Waals surface area contributed by atoms with Crippen molar-refractivity contribution >= 4 is 35.0 Å². The van der Waals surface area contributed by atoms with E-state index in [0.29, 0.717) is 27.5 Å². The Morgan fingerprint density at radius 1 is 1.42 bits per heavy atom. The van der Waals surface area contributed by atoms with Gasteiger partial charge in [0.15, 0.2) is 6.29 Å². The molecular weight excluding hydrogens is 287 g/mol. The second-order valence-corrected chi connectivity index (χ2v) is 3.86. The standard InChI is InChI=1S/C8H4Cl2N2O.C3H8O.C2H6/c9-6-1-5(3-13)12-4-11-2-7(12)8(6)10;1-3-4-2;1-2/h1-4H;3H2,1-2H3;1-2H3. The molecule has 2 rings (SSSR count). The average Bonchev–Trinajstić information content (AvgIpc) is 2.95. The molecule has 106 valence electrons. The minimum Gasteiger partial charge on any atom is -0.385 e. The van der Waals surface area contributed by atoms with Crippen molar-refractivity contribution in [2.75, 3.05) is 13.7 Å². The highest BCUT2D eigenvalue weighted by molar-refractivity contribution is 6.44. The number of rotatable bonds is 2. The zero-order chi connectivity index (χ0) is 14.8. The highest BCUT2D eigenvalue weighted by Crippen LogP contribution is 2.27. The van der Waals surface area contributed by atoms with Gasteiger partial charge in [-0.2, -0.15) is 0 Å².